The summed E-state index contributed by atoms with van der Waals surface area (Å²) in [7, 11) is 0. The molecule has 0 unspecified atom stereocenters. The largest absolute Gasteiger partial charge is 0.462 e. The molecule has 0 amide bonds. The molecule has 0 aromatic rings. The van der Waals surface area contributed by atoms with Crippen molar-refractivity contribution in [3.05, 3.63) is 36.5 Å². The van der Waals surface area contributed by atoms with Crippen molar-refractivity contribution >= 4 is 11.9 Å². The standard InChI is InChI=1S/C39H70O4/c1-4-6-8-10-12-14-16-18-20-22-24-26-28-30-32-34-38(40)42-36-37(3)43-39(41)35-33-31-29-27-25-23-21-19-17-15-13-11-9-7-5-2/h12-15,18,20,37H,4-11,16-17,19,21-36H2,1-3H3/b14-12+,15-13+,20-18+/t37-/m0/s1. The Bertz CT molecular complexity index is 693. The number of allylic oxidation sites excluding steroid dienone is 6. The smallest absolute Gasteiger partial charge is 0.306 e. The fourth-order valence-corrected chi connectivity index (χ4v) is 5.02. The van der Waals surface area contributed by atoms with Crippen molar-refractivity contribution in [1.82, 2.24) is 0 Å². The highest BCUT2D eigenvalue weighted by Crippen LogP contribution is 2.13. The van der Waals surface area contributed by atoms with Crippen molar-refractivity contribution in [2.24, 2.45) is 0 Å². The van der Waals surface area contributed by atoms with E-state index in [0.29, 0.717) is 12.8 Å². The van der Waals surface area contributed by atoms with Gasteiger partial charge in [-0.05, 0) is 77.6 Å². The number of hydrogen-bond donors (Lipinski definition) is 0. The molecule has 0 spiro atoms. The highest BCUT2D eigenvalue weighted by molar-refractivity contribution is 5.70. The maximum absolute atomic E-state index is 12.1. The molecule has 250 valence electrons. The third-order valence-corrected chi connectivity index (χ3v) is 7.79. The van der Waals surface area contributed by atoms with Gasteiger partial charge in [0.1, 0.15) is 12.7 Å². The summed E-state index contributed by atoms with van der Waals surface area (Å²) in [5.74, 6) is -0.368. The number of rotatable bonds is 32. The van der Waals surface area contributed by atoms with Crippen molar-refractivity contribution in [3.8, 4) is 0 Å². The van der Waals surface area contributed by atoms with E-state index < -0.39 is 0 Å². The zero-order valence-corrected chi connectivity index (χ0v) is 28.8. The van der Waals surface area contributed by atoms with Crippen LogP contribution in [-0.4, -0.2) is 24.6 Å². The Labute approximate surface area is 267 Å². The summed E-state index contributed by atoms with van der Waals surface area (Å²) in [4.78, 5) is 24.1. The van der Waals surface area contributed by atoms with Crippen LogP contribution in [0.15, 0.2) is 36.5 Å². The van der Waals surface area contributed by atoms with Crippen molar-refractivity contribution in [2.45, 2.75) is 194 Å². The third kappa shape index (κ3) is 34.5. The average Bonchev–Trinajstić information content (AvgIpc) is 3.00. The Morgan fingerprint density at radius 2 is 0.860 bits per heavy atom. The Kier molecular flexibility index (Phi) is 33.2. The molecule has 0 bridgehead atoms. The summed E-state index contributed by atoms with van der Waals surface area (Å²) in [6.45, 7) is 6.44. The van der Waals surface area contributed by atoms with Crippen LogP contribution in [0.2, 0.25) is 0 Å². The van der Waals surface area contributed by atoms with Crippen LogP contribution in [0, 0.1) is 0 Å². The predicted octanol–water partition coefficient (Wildman–Crippen LogP) is 12.3. The van der Waals surface area contributed by atoms with Gasteiger partial charge in [-0.25, -0.2) is 0 Å². The number of unbranched alkanes of at least 4 members (excludes halogenated alkanes) is 19. The second kappa shape index (κ2) is 34.6. The lowest BCUT2D eigenvalue weighted by Gasteiger charge is -2.13. The van der Waals surface area contributed by atoms with Gasteiger partial charge < -0.3 is 9.47 Å². The van der Waals surface area contributed by atoms with Crippen LogP contribution in [0.5, 0.6) is 0 Å². The molecule has 0 heterocycles. The quantitative estimate of drug-likeness (QED) is 0.0436. The van der Waals surface area contributed by atoms with Crippen LogP contribution < -0.4 is 0 Å². The zero-order chi connectivity index (χ0) is 31.5. The second-order valence-corrected chi connectivity index (χ2v) is 12.3. The van der Waals surface area contributed by atoms with Gasteiger partial charge in [-0.2, -0.15) is 0 Å². The van der Waals surface area contributed by atoms with Crippen LogP contribution in [0.3, 0.4) is 0 Å². The van der Waals surface area contributed by atoms with Crippen LogP contribution in [0.25, 0.3) is 0 Å². The first kappa shape index (κ1) is 41.2. The number of hydrogen-bond acceptors (Lipinski definition) is 4. The molecule has 0 N–H and O–H groups in total. The lowest BCUT2D eigenvalue weighted by molar-refractivity contribution is -0.158. The van der Waals surface area contributed by atoms with Crippen LogP contribution in [-0.2, 0) is 19.1 Å². The SMILES string of the molecule is CCCCC/C=C/C/C=C/CCCCCCCC(=O)OC[C@H](C)OC(=O)CCCCCCCCCC/C=C/CCCCC. The molecule has 0 aliphatic rings. The van der Waals surface area contributed by atoms with Gasteiger partial charge in [0.2, 0.25) is 0 Å². The monoisotopic (exact) mass is 603 g/mol. The van der Waals surface area contributed by atoms with Crippen molar-refractivity contribution in [3.63, 3.8) is 0 Å². The van der Waals surface area contributed by atoms with Gasteiger partial charge in [0.05, 0.1) is 0 Å². The summed E-state index contributed by atoms with van der Waals surface area (Å²) in [5.41, 5.74) is 0. The first-order chi connectivity index (χ1) is 21.1. The van der Waals surface area contributed by atoms with Crippen molar-refractivity contribution in [1.29, 1.82) is 0 Å². The molecule has 0 fully saturated rings. The van der Waals surface area contributed by atoms with Crippen LogP contribution in [0.4, 0.5) is 0 Å². The van der Waals surface area contributed by atoms with Crippen LogP contribution in [0.1, 0.15) is 188 Å². The van der Waals surface area contributed by atoms with Gasteiger partial charge in [-0.3, -0.25) is 9.59 Å². The van der Waals surface area contributed by atoms with E-state index in [4.69, 9.17) is 9.47 Å². The molecule has 0 rings (SSSR count). The molecular formula is C39H70O4. The summed E-state index contributed by atoms with van der Waals surface area (Å²) >= 11 is 0. The minimum Gasteiger partial charge on any atom is -0.462 e. The van der Waals surface area contributed by atoms with E-state index in [0.717, 1.165) is 44.9 Å². The number of carbonyl (C=O) groups excluding carboxylic acids is 2. The van der Waals surface area contributed by atoms with E-state index in [-0.39, 0.29) is 24.6 Å². The fourth-order valence-electron chi connectivity index (χ4n) is 5.02. The molecule has 0 aromatic heterocycles. The third-order valence-electron chi connectivity index (χ3n) is 7.79. The van der Waals surface area contributed by atoms with Gasteiger partial charge in [-0.15, -0.1) is 0 Å². The molecule has 43 heavy (non-hydrogen) atoms. The molecule has 0 saturated carbocycles. The van der Waals surface area contributed by atoms with Gasteiger partial charge in [0.15, 0.2) is 0 Å². The Hall–Kier alpha value is -1.84. The molecule has 1 atom stereocenters. The molecule has 0 aliphatic carbocycles. The highest BCUT2D eigenvalue weighted by Gasteiger charge is 2.12. The second-order valence-electron chi connectivity index (χ2n) is 12.3. The molecule has 0 saturated heterocycles. The van der Waals surface area contributed by atoms with Crippen LogP contribution >= 0.6 is 0 Å². The van der Waals surface area contributed by atoms with E-state index in [1.54, 1.807) is 6.92 Å². The minimum atomic E-state index is -0.382. The average molecular weight is 603 g/mol. The maximum Gasteiger partial charge on any atom is 0.306 e. The number of ether oxygens (including phenoxy) is 2. The van der Waals surface area contributed by atoms with Gasteiger partial charge in [0.25, 0.3) is 0 Å². The van der Waals surface area contributed by atoms with E-state index in [2.05, 4.69) is 50.3 Å². The molecule has 0 aromatic carbocycles. The lowest BCUT2D eigenvalue weighted by Crippen LogP contribution is -2.22. The summed E-state index contributed by atoms with van der Waals surface area (Å²) in [6, 6.07) is 0. The lowest BCUT2D eigenvalue weighted by atomic mass is 10.1. The normalized spacial score (nSPS) is 12.5. The molecule has 0 aliphatic heterocycles. The summed E-state index contributed by atoms with van der Waals surface area (Å²) in [6.07, 6.45) is 43.3. The minimum absolute atomic E-state index is 0.152. The van der Waals surface area contributed by atoms with Crippen molar-refractivity contribution < 1.29 is 19.1 Å². The van der Waals surface area contributed by atoms with Gasteiger partial charge in [0, 0.05) is 12.8 Å². The van der Waals surface area contributed by atoms with Gasteiger partial charge >= 0.3 is 11.9 Å². The zero-order valence-electron chi connectivity index (χ0n) is 28.8. The topological polar surface area (TPSA) is 52.6 Å². The Morgan fingerprint density at radius 3 is 1.33 bits per heavy atom. The Balaban J connectivity index is 3.48. The van der Waals surface area contributed by atoms with E-state index >= 15 is 0 Å². The highest BCUT2D eigenvalue weighted by atomic mass is 16.6. The Morgan fingerprint density at radius 1 is 0.488 bits per heavy atom. The van der Waals surface area contributed by atoms with Gasteiger partial charge in [-0.1, -0.05) is 134 Å². The van der Waals surface area contributed by atoms with E-state index in [9.17, 15) is 9.59 Å². The summed E-state index contributed by atoms with van der Waals surface area (Å²) < 4.78 is 10.7. The first-order valence-electron chi connectivity index (χ1n) is 18.4. The summed E-state index contributed by atoms with van der Waals surface area (Å²) in [5, 5.41) is 0. The maximum atomic E-state index is 12.1. The number of carbonyl (C=O) groups is 2. The number of esters is 2. The molecule has 0 radical (unpaired) electrons. The van der Waals surface area contributed by atoms with E-state index in [1.165, 1.54) is 109 Å². The predicted molar refractivity (Wildman–Crippen MR) is 185 cm³/mol. The van der Waals surface area contributed by atoms with E-state index in [1.807, 2.05) is 0 Å². The van der Waals surface area contributed by atoms with Crippen molar-refractivity contribution in [2.75, 3.05) is 6.61 Å². The first-order valence-corrected chi connectivity index (χ1v) is 18.4. The fraction of sp³-hybridized carbons (Fsp3) is 0.795. The molecule has 4 heteroatoms. The molecule has 4 nitrogen and oxygen atoms in total. The molecular weight excluding hydrogens is 532 g/mol.